The van der Waals surface area contributed by atoms with Gasteiger partial charge in [0.1, 0.15) is 0 Å². The highest BCUT2D eigenvalue weighted by atomic mass is 19.4. The van der Waals surface area contributed by atoms with Crippen molar-refractivity contribution in [3.8, 4) is 0 Å². The number of ketones is 1. The van der Waals surface area contributed by atoms with Crippen LogP contribution < -0.4 is 0 Å². The first-order valence-electron chi connectivity index (χ1n) is 4.75. The number of rotatable bonds is 4. The second-order valence-corrected chi connectivity index (χ2v) is 3.57. The van der Waals surface area contributed by atoms with Gasteiger partial charge in [0.25, 0.3) is 0 Å². The summed E-state index contributed by atoms with van der Waals surface area (Å²) in [7, 11) is 0. The van der Waals surface area contributed by atoms with E-state index in [1.807, 2.05) is 0 Å². The molecule has 2 nitrogen and oxygen atoms in total. The van der Waals surface area contributed by atoms with Gasteiger partial charge in [-0.2, -0.15) is 30.7 Å². The van der Waals surface area contributed by atoms with Gasteiger partial charge in [0, 0.05) is 11.9 Å². The zero-order chi connectivity index (χ0) is 14.9. The van der Waals surface area contributed by atoms with Crippen LogP contribution in [0.15, 0.2) is 24.4 Å². The molecule has 0 radical (unpaired) electrons. The van der Waals surface area contributed by atoms with Crippen LogP contribution in [0.25, 0.3) is 0 Å². The van der Waals surface area contributed by atoms with Crippen LogP contribution in [-0.2, 0) is 11.2 Å². The monoisotopic (exact) mass is 289 g/mol. The molecule has 0 amide bonds. The Kier molecular flexibility index (Phi) is 3.87. The van der Waals surface area contributed by atoms with E-state index >= 15 is 0 Å². The van der Waals surface area contributed by atoms with Gasteiger partial charge in [0.15, 0.2) is 0 Å². The first kappa shape index (κ1) is 15.4. The fraction of sp³-hybridized carbons (Fsp3) is 0.400. The molecule has 0 bridgehead atoms. The molecule has 1 heterocycles. The Bertz CT molecular complexity index is 455. The standard InChI is InChI=1S/C10H6F7NO/c11-8(12,9(13,14)10(15,16)17)7(19)5-6-3-1-2-4-18-6/h1-4H,5H2. The second kappa shape index (κ2) is 4.78. The minimum absolute atomic E-state index is 0.329. The third-order valence-corrected chi connectivity index (χ3v) is 2.17. The van der Waals surface area contributed by atoms with E-state index in [9.17, 15) is 35.5 Å². The molecule has 1 aromatic heterocycles. The third kappa shape index (κ3) is 2.85. The van der Waals surface area contributed by atoms with Crippen molar-refractivity contribution in [2.45, 2.75) is 24.4 Å². The van der Waals surface area contributed by atoms with Gasteiger partial charge in [0.05, 0.1) is 6.42 Å². The number of pyridine rings is 1. The normalized spacial score (nSPS) is 13.4. The Hall–Kier alpha value is -1.67. The minimum Gasteiger partial charge on any atom is -0.292 e. The Balaban J connectivity index is 2.98. The highest BCUT2D eigenvalue weighted by Crippen LogP contribution is 2.47. The zero-order valence-corrected chi connectivity index (χ0v) is 9.02. The first-order chi connectivity index (χ1) is 8.50. The fourth-order valence-corrected chi connectivity index (χ4v) is 1.13. The van der Waals surface area contributed by atoms with E-state index in [4.69, 9.17) is 0 Å². The Morgan fingerprint density at radius 2 is 1.63 bits per heavy atom. The van der Waals surface area contributed by atoms with Crippen LogP contribution >= 0.6 is 0 Å². The summed E-state index contributed by atoms with van der Waals surface area (Å²) in [6.07, 6.45) is -6.75. The number of carbonyl (C=O) groups excluding carboxylic acids is 1. The predicted octanol–water partition coefficient (Wildman–Crippen LogP) is 3.03. The Morgan fingerprint density at radius 1 is 1.05 bits per heavy atom. The molecule has 1 rings (SSSR count). The molecule has 0 atom stereocenters. The van der Waals surface area contributed by atoms with Gasteiger partial charge in [-0.15, -0.1) is 0 Å². The lowest BCUT2D eigenvalue weighted by molar-refractivity contribution is -0.343. The van der Waals surface area contributed by atoms with Gasteiger partial charge in [-0.1, -0.05) is 6.07 Å². The molecule has 0 aliphatic carbocycles. The highest BCUT2D eigenvalue weighted by molar-refractivity contribution is 5.88. The van der Waals surface area contributed by atoms with E-state index in [1.165, 1.54) is 12.1 Å². The van der Waals surface area contributed by atoms with Crippen LogP contribution in [0.4, 0.5) is 30.7 Å². The molecule has 0 saturated heterocycles. The van der Waals surface area contributed by atoms with Crippen molar-refractivity contribution in [1.82, 2.24) is 4.98 Å². The number of halogens is 7. The number of aromatic nitrogens is 1. The molecule has 0 aromatic carbocycles. The topological polar surface area (TPSA) is 30.0 Å². The predicted molar refractivity (Wildman–Crippen MR) is 48.9 cm³/mol. The summed E-state index contributed by atoms with van der Waals surface area (Å²) in [6, 6.07) is 3.69. The summed E-state index contributed by atoms with van der Waals surface area (Å²) < 4.78 is 86.4. The number of hydrogen-bond donors (Lipinski definition) is 0. The van der Waals surface area contributed by atoms with Crippen LogP contribution in [-0.4, -0.2) is 28.8 Å². The van der Waals surface area contributed by atoms with Gasteiger partial charge >= 0.3 is 18.0 Å². The first-order valence-corrected chi connectivity index (χ1v) is 4.75. The van der Waals surface area contributed by atoms with Crippen LogP contribution in [0.3, 0.4) is 0 Å². The van der Waals surface area contributed by atoms with Gasteiger partial charge < -0.3 is 0 Å². The molecule has 19 heavy (non-hydrogen) atoms. The van der Waals surface area contributed by atoms with Crippen LogP contribution in [0, 0.1) is 0 Å². The maximum Gasteiger partial charge on any atom is 0.460 e. The lowest BCUT2D eigenvalue weighted by Crippen LogP contribution is -2.56. The highest BCUT2D eigenvalue weighted by Gasteiger charge is 2.75. The van der Waals surface area contributed by atoms with Gasteiger partial charge in [-0.05, 0) is 12.1 Å². The van der Waals surface area contributed by atoms with Gasteiger partial charge in [-0.3, -0.25) is 9.78 Å². The summed E-state index contributed by atoms with van der Waals surface area (Å²) in [5.74, 6) is -14.8. The number of hydrogen-bond acceptors (Lipinski definition) is 2. The summed E-state index contributed by atoms with van der Waals surface area (Å²) in [6.45, 7) is 0. The van der Waals surface area contributed by atoms with E-state index in [2.05, 4.69) is 4.98 Å². The quantitative estimate of drug-likeness (QED) is 0.797. The van der Waals surface area contributed by atoms with E-state index in [0.29, 0.717) is 0 Å². The molecule has 0 unspecified atom stereocenters. The summed E-state index contributed by atoms with van der Waals surface area (Å²) >= 11 is 0. The average molecular weight is 289 g/mol. The lowest BCUT2D eigenvalue weighted by atomic mass is 10.0. The molecule has 0 aliphatic heterocycles. The third-order valence-electron chi connectivity index (χ3n) is 2.17. The van der Waals surface area contributed by atoms with Crippen molar-refractivity contribution in [2.24, 2.45) is 0 Å². The molecule has 0 saturated carbocycles. The largest absolute Gasteiger partial charge is 0.460 e. The Labute approximate surface area is 102 Å². The van der Waals surface area contributed by atoms with Crippen molar-refractivity contribution < 1.29 is 35.5 Å². The van der Waals surface area contributed by atoms with Crippen molar-refractivity contribution in [3.05, 3.63) is 30.1 Å². The van der Waals surface area contributed by atoms with Crippen LogP contribution in [0.5, 0.6) is 0 Å². The molecule has 0 fully saturated rings. The molecule has 1 aromatic rings. The van der Waals surface area contributed by atoms with E-state index in [1.54, 1.807) is 0 Å². The average Bonchev–Trinajstić information content (AvgIpc) is 2.28. The van der Waals surface area contributed by atoms with E-state index in [0.717, 1.165) is 12.3 Å². The lowest BCUT2D eigenvalue weighted by Gasteiger charge is -2.26. The fourth-order valence-electron chi connectivity index (χ4n) is 1.13. The summed E-state index contributed by atoms with van der Waals surface area (Å²) in [5.41, 5.74) is -0.329. The van der Waals surface area contributed by atoms with E-state index < -0.39 is 30.2 Å². The number of alkyl halides is 7. The van der Waals surface area contributed by atoms with Crippen LogP contribution in [0.2, 0.25) is 0 Å². The summed E-state index contributed by atoms with van der Waals surface area (Å²) in [5, 5.41) is 0. The second-order valence-electron chi connectivity index (χ2n) is 3.57. The maximum absolute atomic E-state index is 12.9. The summed E-state index contributed by atoms with van der Waals surface area (Å²) in [4.78, 5) is 14.4. The Morgan fingerprint density at radius 3 is 2.05 bits per heavy atom. The number of carbonyl (C=O) groups is 1. The zero-order valence-electron chi connectivity index (χ0n) is 9.02. The maximum atomic E-state index is 12.9. The van der Waals surface area contributed by atoms with Gasteiger partial charge in [-0.25, -0.2) is 0 Å². The number of Topliss-reactive ketones (excluding diaryl/α,β-unsaturated/α-hetero) is 1. The molecule has 106 valence electrons. The van der Waals surface area contributed by atoms with Crippen molar-refractivity contribution in [1.29, 1.82) is 0 Å². The molecule has 9 heteroatoms. The smallest absolute Gasteiger partial charge is 0.292 e. The molecular formula is C10H6F7NO. The molecule has 0 aliphatic rings. The van der Waals surface area contributed by atoms with Crippen molar-refractivity contribution in [3.63, 3.8) is 0 Å². The van der Waals surface area contributed by atoms with Gasteiger partial charge in [0.2, 0.25) is 5.78 Å². The van der Waals surface area contributed by atoms with Crippen LogP contribution in [0.1, 0.15) is 5.69 Å². The van der Waals surface area contributed by atoms with Crippen molar-refractivity contribution >= 4 is 5.78 Å². The molecule has 0 N–H and O–H groups in total. The van der Waals surface area contributed by atoms with Crippen molar-refractivity contribution in [2.75, 3.05) is 0 Å². The number of nitrogens with zero attached hydrogens (tertiary/aromatic N) is 1. The molecular weight excluding hydrogens is 283 g/mol. The minimum atomic E-state index is -6.52. The SMILES string of the molecule is O=C(Cc1ccccn1)C(F)(F)C(F)(F)C(F)(F)F. The molecule has 0 spiro atoms. The van der Waals surface area contributed by atoms with E-state index in [-0.39, 0.29) is 5.69 Å².